The van der Waals surface area contributed by atoms with Crippen LogP contribution in [-0.4, -0.2) is 0 Å². The zero-order chi connectivity index (χ0) is 12.8. The number of allylic oxidation sites excluding steroid dienone is 4. The van der Waals surface area contributed by atoms with Gasteiger partial charge in [-0.2, -0.15) is 0 Å². The number of hydrogen-bond acceptors (Lipinski definition) is 0. The van der Waals surface area contributed by atoms with Gasteiger partial charge in [0.15, 0.2) is 0 Å². The Morgan fingerprint density at radius 1 is 0.842 bits per heavy atom. The first kappa shape index (κ1) is 10.8. The van der Waals surface area contributed by atoms with Gasteiger partial charge >= 0.3 is 0 Å². The van der Waals surface area contributed by atoms with E-state index < -0.39 is 0 Å². The van der Waals surface area contributed by atoms with Crippen molar-refractivity contribution in [3.63, 3.8) is 0 Å². The SMILES string of the molecule is CC1=CCC(C2c3ccccc3-c3ccccc32)=C1. The van der Waals surface area contributed by atoms with E-state index in [0.717, 1.165) is 6.42 Å². The molecular weight excluding hydrogens is 228 g/mol. The minimum absolute atomic E-state index is 0.459. The molecule has 0 amide bonds. The molecule has 4 rings (SSSR count). The molecule has 2 aliphatic carbocycles. The van der Waals surface area contributed by atoms with Crippen LogP contribution in [0.15, 0.2) is 71.8 Å². The molecule has 0 saturated carbocycles. The van der Waals surface area contributed by atoms with Crippen LogP contribution in [-0.2, 0) is 0 Å². The summed E-state index contributed by atoms with van der Waals surface area (Å²) in [5.74, 6) is 0.459. The number of rotatable bonds is 1. The van der Waals surface area contributed by atoms with Crippen molar-refractivity contribution in [3.05, 3.63) is 83.0 Å². The second-order valence-electron chi connectivity index (χ2n) is 5.48. The second-order valence-corrected chi connectivity index (χ2v) is 5.48. The summed E-state index contributed by atoms with van der Waals surface area (Å²) in [5, 5.41) is 0. The summed E-state index contributed by atoms with van der Waals surface area (Å²) in [6, 6.07) is 17.7. The highest BCUT2D eigenvalue weighted by molar-refractivity contribution is 5.80. The van der Waals surface area contributed by atoms with E-state index in [9.17, 15) is 0 Å². The fourth-order valence-corrected chi connectivity index (χ4v) is 3.45. The molecule has 92 valence electrons. The van der Waals surface area contributed by atoms with Crippen LogP contribution in [0.3, 0.4) is 0 Å². The van der Waals surface area contributed by atoms with Gasteiger partial charge < -0.3 is 0 Å². The molecule has 0 fully saturated rings. The maximum atomic E-state index is 2.36. The molecule has 0 heterocycles. The van der Waals surface area contributed by atoms with Crippen LogP contribution >= 0.6 is 0 Å². The Hall–Kier alpha value is -2.08. The minimum Gasteiger partial charge on any atom is -0.0775 e. The topological polar surface area (TPSA) is 0 Å². The minimum atomic E-state index is 0.459. The molecule has 0 spiro atoms. The highest BCUT2D eigenvalue weighted by Gasteiger charge is 2.30. The van der Waals surface area contributed by atoms with Crippen molar-refractivity contribution >= 4 is 0 Å². The molecule has 19 heavy (non-hydrogen) atoms. The van der Waals surface area contributed by atoms with Gasteiger partial charge in [-0.05, 0) is 35.6 Å². The summed E-state index contributed by atoms with van der Waals surface area (Å²) in [6.07, 6.45) is 5.79. The third-order valence-electron chi connectivity index (χ3n) is 4.28. The Morgan fingerprint density at radius 2 is 1.42 bits per heavy atom. The summed E-state index contributed by atoms with van der Waals surface area (Å²) in [5.41, 5.74) is 8.70. The van der Waals surface area contributed by atoms with E-state index in [1.54, 1.807) is 0 Å². The molecule has 2 aliphatic rings. The van der Waals surface area contributed by atoms with Crippen molar-refractivity contribution in [2.75, 3.05) is 0 Å². The molecule has 0 radical (unpaired) electrons. The lowest BCUT2D eigenvalue weighted by Crippen LogP contribution is -1.99. The highest BCUT2D eigenvalue weighted by Crippen LogP contribution is 2.49. The fourth-order valence-electron chi connectivity index (χ4n) is 3.45. The smallest absolute Gasteiger partial charge is 0.0317 e. The molecular formula is C19H16. The van der Waals surface area contributed by atoms with Gasteiger partial charge in [-0.25, -0.2) is 0 Å². The fraction of sp³-hybridized carbons (Fsp3) is 0.158. The first-order valence-corrected chi connectivity index (χ1v) is 6.90. The van der Waals surface area contributed by atoms with Crippen molar-refractivity contribution < 1.29 is 0 Å². The molecule has 0 saturated heterocycles. The molecule has 0 bridgehead atoms. The summed E-state index contributed by atoms with van der Waals surface area (Å²) in [4.78, 5) is 0. The van der Waals surface area contributed by atoms with E-state index in [1.165, 1.54) is 33.4 Å². The van der Waals surface area contributed by atoms with Gasteiger partial charge in [0, 0.05) is 5.92 Å². The predicted molar refractivity (Wildman–Crippen MR) is 80.2 cm³/mol. The number of benzene rings is 2. The van der Waals surface area contributed by atoms with E-state index in [0.29, 0.717) is 5.92 Å². The molecule has 0 unspecified atom stereocenters. The zero-order valence-corrected chi connectivity index (χ0v) is 11.1. The maximum Gasteiger partial charge on any atom is 0.0317 e. The van der Waals surface area contributed by atoms with Gasteiger partial charge in [0.25, 0.3) is 0 Å². The lowest BCUT2D eigenvalue weighted by molar-refractivity contribution is 0.948. The van der Waals surface area contributed by atoms with Gasteiger partial charge in [0.1, 0.15) is 0 Å². The molecule has 0 aromatic heterocycles. The van der Waals surface area contributed by atoms with Crippen LogP contribution in [0.5, 0.6) is 0 Å². The summed E-state index contributed by atoms with van der Waals surface area (Å²) < 4.78 is 0. The Morgan fingerprint density at radius 3 is 1.95 bits per heavy atom. The van der Waals surface area contributed by atoms with Crippen LogP contribution in [0.2, 0.25) is 0 Å². The van der Waals surface area contributed by atoms with E-state index in [4.69, 9.17) is 0 Å². The molecule has 2 aromatic carbocycles. The summed E-state index contributed by atoms with van der Waals surface area (Å²) in [7, 11) is 0. The van der Waals surface area contributed by atoms with E-state index >= 15 is 0 Å². The highest BCUT2D eigenvalue weighted by atomic mass is 14.3. The van der Waals surface area contributed by atoms with Crippen molar-refractivity contribution in [1.29, 1.82) is 0 Å². The quantitative estimate of drug-likeness (QED) is 0.656. The van der Waals surface area contributed by atoms with E-state index in [2.05, 4.69) is 67.6 Å². The van der Waals surface area contributed by atoms with Gasteiger partial charge in [0.05, 0.1) is 0 Å². The third-order valence-corrected chi connectivity index (χ3v) is 4.28. The molecule has 0 atom stereocenters. The predicted octanol–water partition coefficient (Wildman–Crippen LogP) is 5.08. The first-order chi connectivity index (χ1) is 9.34. The Bertz CT molecular complexity index is 671. The second kappa shape index (κ2) is 3.96. The van der Waals surface area contributed by atoms with Crippen LogP contribution in [0, 0.1) is 0 Å². The van der Waals surface area contributed by atoms with Crippen molar-refractivity contribution in [2.24, 2.45) is 0 Å². The lowest BCUT2D eigenvalue weighted by Gasteiger charge is -2.15. The average molecular weight is 244 g/mol. The number of hydrogen-bond donors (Lipinski definition) is 0. The average Bonchev–Trinajstić information content (AvgIpc) is 3.00. The zero-order valence-electron chi connectivity index (χ0n) is 11.1. The molecule has 0 aliphatic heterocycles. The standard InChI is InChI=1S/C19H16/c1-13-10-11-14(12-13)19-17-8-4-2-6-15(17)16-7-3-5-9-18(16)19/h2-10,12,19H,11H2,1H3. The van der Waals surface area contributed by atoms with Crippen molar-refractivity contribution in [1.82, 2.24) is 0 Å². The largest absolute Gasteiger partial charge is 0.0775 e. The van der Waals surface area contributed by atoms with E-state index in [-0.39, 0.29) is 0 Å². The van der Waals surface area contributed by atoms with Crippen molar-refractivity contribution in [2.45, 2.75) is 19.3 Å². The molecule has 2 aromatic rings. The summed E-state index contributed by atoms with van der Waals surface area (Å²) >= 11 is 0. The summed E-state index contributed by atoms with van der Waals surface area (Å²) in [6.45, 7) is 2.19. The maximum absolute atomic E-state index is 2.36. The van der Waals surface area contributed by atoms with Gasteiger partial charge in [-0.15, -0.1) is 0 Å². The van der Waals surface area contributed by atoms with Gasteiger partial charge in [0.2, 0.25) is 0 Å². The van der Waals surface area contributed by atoms with Crippen LogP contribution in [0.4, 0.5) is 0 Å². The third kappa shape index (κ3) is 1.53. The molecule has 0 nitrogen and oxygen atoms in total. The van der Waals surface area contributed by atoms with Crippen LogP contribution < -0.4 is 0 Å². The van der Waals surface area contributed by atoms with Gasteiger partial charge in [-0.1, -0.05) is 71.8 Å². The Labute approximate surface area is 114 Å². The normalized spacial score (nSPS) is 16.9. The Balaban J connectivity index is 1.94. The van der Waals surface area contributed by atoms with Gasteiger partial charge in [-0.3, -0.25) is 0 Å². The number of fused-ring (bicyclic) bond motifs is 3. The van der Waals surface area contributed by atoms with E-state index in [1.807, 2.05) is 0 Å². The van der Waals surface area contributed by atoms with Crippen molar-refractivity contribution in [3.8, 4) is 11.1 Å². The Kier molecular flexibility index (Phi) is 2.25. The monoisotopic (exact) mass is 244 g/mol. The molecule has 0 heteroatoms. The van der Waals surface area contributed by atoms with Crippen LogP contribution in [0.1, 0.15) is 30.4 Å². The lowest BCUT2D eigenvalue weighted by atomic mass is 9.88. The first-order valence-electron chi connectivity index (χ1n) is 6.90. The van der Waals surface area contributed by atoms with Crippen LogP contribution in [0.25, 0.3) is 11.1 Å². The molecule has 0 N–H and O–H groups in total.